The van der Waals surface area contributed by atoms with E-state index in [4.69, 9.17) is 4.99 Å². The van der Waals surface area contributed by atoms with E-state index in [-0.39, 0.29) is 16.7 Å². The van der Waals surface area contributed by atoms with E-state index in [1.54, 1.807) is 11.8 Å². The molecule has 154 valence electrons. The molecule has 8 heteroatoms. The fourth-order valence-electron chi connectivity index (χ4n) is 3.41. The van der Waals surface area contributed by atoms with Crippen LogP contribution in [0.4, 0.5) is 11.4 Å². The van der Waals surface area contributed by atoms with Gasteiger partial charge in [0.15, 0.2) is 0 Å². The fraction of sp³-hybridized carbons (Fsp3) is 0.227. The number of benzene rings is 2. The Labute approximate surface area is 177 Å². The average molecular weight is 423 g/mol. The van der Waals surface area contributed by atoms with Gasteiger partial charge in [-0.15, -0.1) is 11.8 Å². The SMILES string of the molecule is CN(C)c1ccc(C2CC(c3c(O)n(C)c(=O)[nH]c3=O)=Nc3ccccc3S2)cc1. The molecule has 30 heavy (non-hydrogen) atoms. The number of thioether (sulfide) groups is 1. The first-order valence-corrected chi connectivity index (χ1v) is 10.4. The Kier molecular flexibility index (Phi) is 5.26. The van der Waals surface area contributed by atoms with Gasteiger partial charge in [-0.05, 0) is 29.8 Å². The third-order valence-corrected chi connectivity index (χ3v) is 6.45. The van der Waals surface area contributed by atoms with E-state index >= 15 is 0 Å². The van der Waals surface area contributed by atoms with Crippen molar-refractivity contribution in [3.8, 4) is 5.88 Å². The van der Waals surface area contributed by atoms with Gasteiger partial charge in [-0.2, -0.15) is 0 Å². The van der Waals surface area contributed by atoms with Crippen LogP contribution in [0, 0.1) is 0 Å². The summed E-state index contributed by atoms with van der Waals surface area (Å²) in [7, 11) is 5.39. The number of para-hydroxylation sites is 1. The Balaban J connectivity index is 1.85. The smallest absolute Gasteiger partial charge is 0.330 e. The van der Waals surface area contributed by atoms with Crippen molar-refractivity contribution in [2.24, 2.45) is 12.0 Å². The third kappa shape index (κ3) is 3.66. The van der Waals surface area contributed by atoms with Crippen molar-refractivity contribution in [1.29, 1.82) is 0 Å². The Morgan fingerprint density at radius 1 is 1.13 bits per heavy atom. The van der Waals surface area contributed by atoms with Gasteiger partial charge < -0.3 is 10.0 Å². The van der Waals surface area contributed by atoms with Gasteiger partial charge in [-0.1, -0.05) is 24.3 Å². The van der Waals surface area contributed by atoms with Gasteiger partial charge in [-0.25, -0.2) is 4.79 Å². The first-order chi connectivity index (χ1) is 14.3. The number of rotatable bonds is 3. The lowest BCUT2D eigenvalue weighted by molar-refractivity contribution is 0.416. The molecular weight excluding hydrogens is 400 g/mol. The van der Waals surface area contributed by atoms with Crippen molar-refractivity contribution in [2.75, 3.05) is 19.0 Å². The molecule has 1 unspecified atom stereocenters. The summed E-state index contributed by atoms with van der Waals surface area (Å²) in [6.45, 7) is 0. The normalized spacial score (nSPS) is 15.8. The summed E-state index contributed by atoms with van der Waals surface area (Å²) in [5, 5.41) is 10.5. The second-order valence-electron chi connectivity index (χ2n) is 7.34. The summed E-state index contributed by atoms with van der Waals surface area (Å²) in [6.07, 6.45) is 0.426. The van der Waals surface area contributed by atoms with Crippen LogP contribution >= 0.6 is 11.8 Å². The standard InChI is InChI=1S/C22H22N4O3S/c1-25(2)14-10-8-13(9-11-14)18-12-16(23-15-6-4-5-7-17(15)30-18)19-20(27)24-22(29)26(3)21(19)28/h4-11,18,28H,12H2,1-3H3,(H,24,27,29). The Morgan fingerprint density at radius 2 is 1.83 bits per heavy atom. The highest BCUT2D eigenvalue weighted by molar-refractivity contribution is 7.99. The summed E-state index contributed by atoms with van der Waals surface area (Å²) in [6, 6.07) is 16.0. The molecule has 4 rings (SSSR count). The highest BCUT2D eigenvalue weighted by Gasteiger charge is 2.26. The maximum atomic E-state index is 12.6. The number of aliphatic imine (C=N–C) groups is 1. The number of hydrogen-bond donors (Lipinski definition) is 2. The molecule has 1 atom stereocenters. The van der Waals surface area contributed by atoms with Crippen LogP contribution in [0.25, 0.3) is 0 Å². The van der Waals surface area contributed by atoms with Gasteiger partial charge >= 0.3 is 5.69 Å². The van der Waals surface area contributed by atoms with Crippen molar-refractivity contribution in [2.45, 2.75) is 16.6 Å². The van der Waals surface area contributed by atoms with E-state index in [2.05, 4.69) is 29.2 Å². The molecular formula is C22H22N4O3S. The zero-order valence-corrected chi connectivity index (χ0v) is 17.7. The van der Waals surface area contributed by atoms with Crippen LogP contribution in [0.1, 0.15) is 22.8 Å². The quantitative estimate of drug-likeness (QED) is 0.676. The molecule has 2 aromatic carbocycles. The molecule has 7 nitrogen and oxygen atoms in total. The predicted molar refractivity (Wildman–Crippen MR) is 121 cm³/mol. The maximum Gasteiger partial charge on any atom is 0.330 e. The van der Waals surface area contributed by atoms with Gasteiger partial charge in [0.25, 0.3) is 5.56 Å². The summed E-state index contributed by atoms with van der Waals surface area (Å²) >= 11 is 1.67. The zero-order chi connectivity index (χ0) is 21.4. The summed E-state index contributed by atoms with van der Waals surface area (Å²) in [5.41, 5.74) is 2.10. The number of H-pyrrole nitrogens is 1. The molecule has 0 amide bonds. The minimum Gasteiger partial charge on any atom is -0.494 e. The summed E-state index contributed by atoms with van der Waals surface area (Å²) in [4.78, 5) is 34.4. The molecule has 1 aromatic heterocycles. The molecule has 0 saturated carbocycles. The number of aromatic nitrogens is 2. The molecule has 1 aliphatic rings. The van der Waals surface area contributed by atoms with Gasteiger partial charge in [0, 0.05) is 43.4 Å². The number of nitrogens with zero attached hydrogens (tertiary/aromatic N) is 3. The molecule has 2 heterocycles. The van der Waals surface area contributed by atoms with E-state index in [0.717, 1.165) is 26.4 Å². The molecule has 0 fully saturated rings. The first-order valence-electron chi connectivity index (χ1n) is 9.48. The maximum absolute atomic E-state index is 12.6. The average Bonchev–Trinajstić information content (AvgIpc) is 2.92. The highest BCUT2D eigenvalue weighted by Crippen LogP contribution is 2.45. The fourth-order valence-corrected chi connectivity index (χ4v) is 4.64. The predicted octanol–water partition coefficient (Wildman–Crippen LogP) is 3.20. The Morgan fingerprint density at radius 3 is 2.53 bits per heavy atom. The molecule has 0 radical (unpaired) electrons. The second kappa shape index (κ2) is 7.87. The van der Waals surface area contributed by atoms with E-state index < -0.39 is 11.2 Å². The van der Waals surface area contributed by atoms with Crippen molar-refractivity contribution in [3.63, 3.8) is 0 Å². The lowest BCUT2D eigenvalue weighted by Gasteiger charge is -2.18. The van der Waals surface area contributed by atoms with Crippen LogP contribution in [0.5, 0.6) is 5.88 Å². The molecule has 2 N–H and O–H groups in total. The second-order valence-corrected chi connectivity index (χ2v) is 8.58. The lowest BCUT2D eigenvalue weighted by atomic mass is 10.0. The number of anilines is 1. The minimum atomic E-state index is -0.666. The van der Waals surface area contributed by atoms with Crippen LogP contribution in [-0.4, -0.2) is 34.5 Å². The molecule has 0 spiro atoms. The number of fused-ring (bicyclic) bond motifs is 1. The van der Waals surface area contributed by atoms with Crippen LogP contribution in [0.2, 0.25) is 0 Å². The Hall–Kier alpha value is -3.26. The van der Waals surface area contributed by atoms with Crippen LogP contribution in [0.3, 0.4) is 0 Å². The van der Waals surface area contributed by atoms with E-state index in [9.17, 15) is 14.7 Å². The van der Waals surface area contributed by atoms with E-state index in [1.807, 2.05) is 43.3 Å². The third-order valence-electron chi connectivity index (χ3n) is 5.13. The number of hydrogen-bond acceptors (Lipinski definition) is 6. The summed E-state index contributed by atoms with van der Waals surface area (Å²) < 4.78 is 1.02. The highest BCUT2D eigenvalue weighted by atomic mass is 32.2. The van der Waals surface area contributed by atoms with E-state index in [1.165, 1.54) is 7.05 Å². The number of aromatic amines is 1. The van der Waals surface area contributed by atoms with Crippen molar-refractivity contribution < 1.29 is 5.11 Å². The molecule has 3 aromatic rings. The van der Waals surface area contributed by atoms with Crippen molar-refractivity contribution in [3.05, 3.63) is 80.5 Å². The summed E-state index contributed by atoms with van der Waals surface area (Å²) in [5.74, 6) is -0.381. The minimum absolute atomic E-state index is 0.0142. The van der Waals surface area contributed by atoms with Gasteiger partial charge in [0.05, 0.1) is 11.4 Å². The van der Waals surface area contributed by atoms with Crippen molar-refractivity contribution >= 4 is 28.8 Å². The topological polar surface area (TPSA) is 90.7 Å². The zero-order valence-electron chi connectivity index (χ0n) is 16.9. The molecule has 1 aliphatic heterocycles. The lowest BCUT2D eigenvalue weighted by Crippen LogP contribution is -2.32. The van der Waals surface area contributed by atoms with Crippen LogP contribution in [-0.2, 0) is 7.05 Å². The van der Waals surface area contributed by atoms with Gasteiger partial charge in [0.2, 0.25) is 5.88 Å². The largest absolute Gasteiger partial charge is 0.494 e. The molecule has 0 bridgehead atoms. The monoisotopic (exact) mass is 422 g/mol. The molecule has 0 saturated heterocycles. The Bertz CT molecular complexity index is 1240. The molecule has 0 aliphatic carbocycles. The van der Waals surface area contributed by atoms with Crippen LogP contribution < -0.4 is 16.1 Å². The first kappa shape index (κ1) is 20.0. The number of aromatic hydroxyl groups is 1. The van der Waals surface area contributed by atoms with Crippen LogP contribution in [0.15, 0.2) is 68.0 Å². The van der Waals surface area contributed by atoms with Gasteiger partial charge in [0.1, 0.15) is 5.56 Å². The van der Waals surface area contributed by atoms with Crippen molar-refractivity contribution in [1.82, 2.24) is 9.55 Å². The van der Waals surface area contributed by atoms with E-state index in [0.29, 0.717) is 12.1 Å². The van der Waals surface area contributed by atoms with Gasteiger partial charge in [-0.3, -0.25) is 19.3 Å². The number of nitrogens with one attached hydrogen (secondary N) is 1.